The molecule has 2 unspecified atom stereocenters. The zero-order valence-electron chi connectivity index (χ0n) is 11.7. The molecule has 1 aromatic rings. The van der Waals surface area contributed by atoms with Gasteiger partial charge in [0.2, 0.25) is 10.0 Å². The van der Waals surface area contributed by atoms with Crippen LogP contribution in [0.1, 0.15) is 12.8 Å². The minimum Gasteiger partial charge on any atom is -0.486 e. The lowest BCUT2D eigenvalue weighted by atomic mass is 10.2. The SMILES string of the molecule is O=C(O)C12CC1CCN2S(=O)(=O)c1ccc2c(c1)OCCO2. The molecule has 3 aliphatic rings. The van der Waals surface area contributed by atoms with Crippen molar-refractivity contribution >= 4 is 16.0 Å². The zero-order chi connectivity index (χ0) is 15.5. The molecule has 4 rings (SSSR count). The summed E-state index contributed by atoms with van der Waals surface area (Å²) in [5.74, 6) is -0.250. The lowest BCUT2D eigenvalue weighted by molar-refractivity contribution is -0.142. The summed E-state index contributed by atoms with van der Waals surface area (Å²) in [5, 5.41) is 9.44. The fraction of sp³-hybridized carbons (Fsp3) is 0.500. The van der Waals surface area contributed by atoms with E-state index in [1.165, 1.54) is 12.1 Å². The van der Waals surface area contributed by atoms with Gasteiger partial charge in [0.15, 0.2) is 11.5 Å². The smallest absolute Gasteiger partial charge is 0.325 e. The van der Waals surface area contributed by atoms with Crippen molar-refractivity contribution in [1.29, 1.82) is 0 Å². The molecule has 0 bridgehead atoms. The van der Waals surface area contributed by atoms with E-state index >= 15 is 0 Å². The van der Waals surface area contributed by atoms with Crippen LogP contribution in [0.5, 0.6) is 11.5 Å². The van der Waals surface area contributed by atoms with E-state index in [0.29, 0.717) is 37.6 Å². The highest BCUT2D eigenvalue weighted by Crippen LogP contribution is 2.57. The maximum atomic E-state index is 12.8. The molecule has 2 atom stereocenters. The molecule has 0 radical (unpaired) electrons. The number of ether oxygens (including phenoxy) is 2. The van der Waals surface area contributed by atoms with E-state index in [1.807, 2.05) is 0 Å². The lowest BCUT2D eigenvalue weighted by Gasteiger charge is -2.25. The van der Waals surface area contributed by atoms with Crippen LogP contribution in [0.4, 0.5) is 0 Å². The molecule has 0 amide bonds. The Hall–Kier alpha value is -1.80. The number of piperidine rings is 1. The molecule has 1 aromatic carbocycles. The van der Waals surface area contributed by atoms with E-state index in [2.05, 4.69) is 0 Å². The number of carboxylic acids is 1. The summed E-state index contributed by atoms with van der Waals surface area (Å²) in [7, 11) is -3.87. The van der Waals surface area contributed by atoms with E-state index < -0.39 is 21.5 Å². The van der Waals surface area contributed by atoms with E-state index in [0.717, 1.165) is 4.31 Å². The number of carboxylic acid groups (broad SMARTS) is 1. The molecule has 2 fully saturated rings. The Labute approximate surface area is 127 Å². The van der Waals surface area contributed by atoms with Crippen molar-refractivity contribution in [2.75, 3.05) is 19.8 Å². The molecule has 2 heterocycles. The first-order valence-corrected chi connectivity index (χ1v) is 8.56. The second-order valence-corrected chi connectivity index (χ2v) is 7.66. The maximum Gasteiger partial charge on any atom is 0.325 e. The molecule has 1 aliphatic carbocycles. The summed E-state index contributed by atoms with van der Waals surface area (Å²) < 4.78 is 37.6. The van der Waals surface area contributed by atoms with Crippen molar-refractivity contribution in [3.8, 4) is 11.5 Å². The quantitative estimate of drug-likeness (QED) is 0.879. The second kappa shape index (κ2) is 4.36. The Morgan fingerprint density at radius 3 is 2.68 bits per heavy atom. The minimum absolute atomic E-state index is 0.0462. The number of hydrogen-bond acceptors (Lipinski definition) is 5. The van der Waals surface area contributed by atoms with Crippen molar-refractivity contribution in [1.82, 2.24) is 4.31 Å². The van der Waals surface area contributed by atoms with Gasteiger partial charge in [-0.25, -0.2) is 8.42 Å². The van der Waals surface area contributed by atoms with E-state index in [-0.39, 0.29) is 17.4 Å². The van der Waals surface area contributed by atoms with E-state index in [1.54, 1.807) is 6.07 Å². The van der Waals surface area contributed by atoms with Gasteiger partial charge >= 0.3 is 5.97 Å². The topological polar surface area (TPSA) is 93.1 Å². The predicted octanol–water partition coefficient (Wildman–Crippen LogP) is 0.696. The van der Waals surface area contributed by atoms with Crippen molar-refractivity contribution in [2.24, 2.45) is 5.92 Å². The largest absolute Gasteiger partial charge is 0.486 e. The first-order valence-electron chi connectivity index (χ1n) is 7.12. The van der Waals surface area contributed by atoms with Gasteiger partial charge < -0.3 is 14.6 Å². The molecule has 118 valence electrons. The molecule has 2 aliphatic heterocycles. The molecule has 0 aromatic heterocycles. The Kier molecular flexibility index (Phi) is 2.74. The molecule has 1 saturated heterocycles. The average molecular weight is 325 g/mol. The van der Waals surface area contributed by atoms with Crippen LogP contribution in [0.25, 0.3) is 0 Å². The van der Waals surface area contributed by atoms with Gasteiger partial charge in [-0.15, -0.1) is 0 Å². The van der Waals surface area contributed by atoms with Crippen LogP contribution in [0, 0.1) is 5.92 Å². The number of fused-ring (bicyclic) bond motifs is 2. The molecule has 7 nitrogen and oxygen atoms in total. The maximum absolute atomic E-state index is 12.8. The number of aliphatic carboxylic acids is 1. The van der Waals surface area contributed by atoms with Crippen LogP contribution in [0.3, 0.4) is 0 Å². The molecule has 1 saturated carbocycles. The van der Waals surface area contributed by atoms with Crippen molar-refractivity contribution < 1.29 is 27.8 Å². The number of benzene rings is 1. The summed E-state index contributed by atoms with van der Waals surface area (Å²) in [5.41, 5.74) is -1.24. The summed E-state index contributed by atoms with van der Waals surface area (Å²) >= 11 is 0. The summed E-state index contributed by atoms with van der Waals surface area (Å²) in [6.07, 6.45) is 0.988. The molecule has 8 heteroatoms. The monoisotopic (exact) mass is 325 g/mol. The number of sulfonamides is 1. The second-order valence-electron chi connectivity index (χ2n) is 5.80. The van der Waals surface area contributed by atoms with Crippen LogP contribution >= 0.6 is 0 Å². The Morgan fingerprint density at radius 1 is 1.27 bits per heavy atom. The van der Waals surface area contributed by atoms with Crippen molar-refractivity contribution in [3.63, 3.8) is 0 Å². The van der Waals surface area contributed by atoms with Crippen LogP contribution in [-0.4, -0.2) is 49.1 Å². The molecule has 1 N–H and O–H groups in total. The van der Waals surface area contributed by atoms with Gasteiger partial charge in [-0.05, 0) is 30.9 Å². The normalized spacial score (nSPS) is 29.9. The van der Waals surface area contributed by atoms with Crippen molar-refractivity contribution in [3.05, 3.63) is 18.2 Å². The average Bonchev–Trinajstić information content (AvgIpc) is 3.12. The zero-order valence-corrected chi connectivity index (χ0v) is 12.5. The third kappa shape index (κ3) is 1.70. The standard InChI is InChI=1S/C14H15NO6S/c16-13(17)14-8-9(14)3-4-15(14)22(18,19)10-1-2-11-12(7-10)21-6-5-20-11/h1-2,7,9H,3-6,8H2,(H,16,17). The first kappa shape index (κ1) is 13.8. The minimum atomic E-state index is -3.87. The van der Waals surface area contributed by atoms with E-state index in [4.69, 9.17) is 9.47 Å². The van der Waals surface area contributed by atoms with Gasteiger partial charge in [0, 0.05) is 12.6 Å². The third-order valence-corrected chi connectivity index (χ3v) is 6.61. The number of carbonyl (C=O) groups is 1. The molecular weight excluding hydrogens is 310 g/mol. The molecule has 0 spiro atoms. The van der Waals surface area contributed by atoms with Gasteiger partial charge in [-0.2, -0.15) is 4.31 Å². The summed E-state index contributed by atoms with van der Waals surface area (Å²) in [6, 6.07) is 4.40. The summed E-state index contributed by atoms with van der Waals surface area (Å²) in [4.78, 5) is 11.6. The Bertz CT molecular complexity index is 761. The lowest BCUT2D eigenvalue weighted by Crippen LogP contribution is -2.45. The fourth-order valence-corrected chi connectivity index (χ4v) is 5.28. The number of nitrogens with zero attached hydrogens (tertiary/aromatic N) is 1. The Balaban J connectivity index is 1.74. The van der Waals surface area contributed by atoms with Crippen LogP contribution < -0.4 is 9.47 Å². The van der Waals surface area contributed by atoms with Crippen LogP contribution in [0.15, 0.2) is 23.1 Å². The van der Waals surface area contributed by atoms with E-state index in [9.17, 15) is 18.3 Å². The third-order valence-electron chi connectivity index (χ3n) is 4.67. The van der Waals surface area contributed by atoms with Gasteiger partial charge in [0.05, 0.1) is 4.90 Å². The predicted molar refractivity (Wildman–Crippen MR) is 74.4 cm³/mol. The van der Waals surface area contributed by atoms with Crippen LogP contribution in [-0.2, 0) is 14.8 Å². The highest BCUT2D eigenvalue weighted by Gasteiger charge is 2.70. The van der Waals surface area contributed by atoms with Gasteiger partial charge in [-0.3, -0.25) is 4.79 Å². The van der Waals surface area contributed by atoms with Gasteiger partial charge in [0.25, 0.3) is 0 Å². The van der Waals surface area contributed by atoms with Gasteiger partial charge in [0.1, 0.15) is 18.8 Å². The fourth-order valence-electron chi connectivity index (χ4n) is 3.45. The van der Waals surface area contributed by atoms with Crippen LogP contribution in [0.2, 0.25) is 0 Å². The Morgan fingerprint density at radius 2 is 2.00 bits per heavy atom. The highest BCUT2D eigenvalue weighted by atomic mass is 32.2. The highest BCUT2D eigenvalue weighted by molar-refractivity contribution is 7.89. The number of rotatable bonds is 3. The molecular formula is C14H15NO6S. The van der Waals surface area contributed by atoms with Crippen molar-refractivity contribution in [2.45, 2.75) is 23.3 Å². The molecule has 22 heavy (non-hydrogen) atoms. The summed E-state index contributed by atoms with van der Waals surface area (Å²) in [6.45, 7) is 1.03. The number of hydrogen-bond donors (Lipinski definition) is 1. The first-order chi connectivity index (χ1) is 10.5. The van der Waals surface area contributed by atoms with Gasteiger partial charge in [-0.1, -0.05) is 0 Å².